The molecule has 0 fully saturated rings. The number of hydrogen-bond donors (Lipinski definition) is 3. The second-order valence-electron chi connectivity index (χ2n) is 5.16. The summed E-state index contributed by atoms with van der Waals surface area (Å²) in [6.45, 7) is -1.53. The zero-order valence-corrected chi connectivity index (χ0v) is 13.5. The molecule has 3 rings (SSSR count). The third-order valence-corrected chi connectivity index (χ3v) is 3.43. The van der Waals surface area contributed by atoms with Crippen LogP contribution < -0.4 is 10.1 Å². The minimum absolute atomic E-state index is 0.00362. The molecule has 1 amide bonds. The highest BCUT2D eigenvalue weighted by atomic mass is 16.5. The molecule has 0 atom stereocenters. The van der Waals surface area contributed by atoms with E-state index in [-0.39, 0.29) is 40.7 Å². The van der Waals surface area contributed by atoms with E-state index in [0.29, 0.717) is 5.39 Å². The smallest absolute Gasteiger partial charge is 0.322 e. The first-order chi connectivity index (χ1) is 14.4. The van der Waals surface area contributed by atoms with E-state index < -0.39 is 29.8 Å². The van der Waals surface area contributed by atoms with Crippen molar-refractivity contribution in [2.45, 2.75) is 6.92 Å². The van der Waals surface area contributed by atoms with Gasteiger partial charge in [0.25, 0.3) is 5.91 Å². The number of fused-ring (bicyclic) bond motifs is 1. The first-order valence-corrected chi connectivity index (χ1v) is 7.35. The van der Waals surface area contributed by atoms with E-state index in [2.05, 4.69) is 4.98 Å². The second-order valence-corrected chi connectivity index (χ2v) is 5.16. The molecule has 2 aromatic carbocycles. The lowest BCUT2D eigenvalue weighted by atomic mass is 10.1. The fourth-order valence-corrected chi connectivity index (χ4v) is 2.30. The number of aromatic hydroxyl groups is 1. The van der Waals surface area contributed by atoms with Gasteiger partial charge in [0, 0.05) is 16.5 Å². The van der Waals surface area contributed by atoms with Crippen molar-refractivity contribution in [3.8, 4) is 17.2 Å². The molecule has 0 aliphatic carbocycles. The van der Waals surface area contributed by atoms with Gasteiger partial charge < -0.3 is 20.3 Å². The summed E-state index contributed by atoms with van der Waals surface area (Å²) in [6.07, 6.45) is 0. The van der Waals surface area contributed by atoms with Gasteiger partial charge in [0.15, 0.2) is 11.4 Å². The molecule has 0 aliphatic rings. The molecule has 26 heavy (non-hydrogen) atoms. The van der Waals surface area contributed by atoms with Gasteiger partial charge >= 0.3 is 5.97 Å². The van der Waals surface area contributed by atoms with Crippen LogP contribution in [-0.4, -0.2) is 33.6 Å². The van der Waals surface area contributed by atoms with Gasteiger partial charge in [-0.2, -0.15) is 0 Å². The Morgan fingerprint density at radius 2 is 2.00 bits per heavy atom. The Morgan fingerprint density at radius 3 is 2.69 bits per heavy atom. The number of benzene rings is 2. The van der Waals surface area contributed by atoms with Crippen LogP contribution in [0.1, 0.15) is 23.0 Å². The van der Waals surface area contributed by atoms with E-state index in [4.69, 9.17) is 16.7 Å². The molecule has 0 saturated heterocycles. The number of carbonyl (C=O) groups is 2. The SMILES string of the molecule is [2H]c1cc([2H])c(Oc2ccc3c(O)c(C(=O)NC([2H])([2H])C(=O)O)nc(C)c3c2)c([2H])c1. The average Bonchev–Trinajstić information content (AvgIpc) is 2.66. The normalized spacial score (nSPS) is 13.8. The molecule has 3 aromatic rings. The molecule has 0 radical (unpaired) electrons. The number of nitrogens with one attached hydrogen (secondary N) is 1. The summed E-state index contributed by atoms with van der Waals surface area (Å²) in [6, 6.07) is 6.48. The summed E-state index contributed by atoms with van der Waals surface area (Å²) < 4.78 is 43.5. The minimum Gasteiger partial charge on any atom is -0.505 e. The fourth-order valence-electron chi connectivity index (χ4n) is 2.30. The van der Waals surface area contributed by atoms with E-state index in [1.807, 2.05) is 0 Å². The van der Waals surface area contributed by atoms with Gasteiger partial charge in [-0.25, -0.2) is 4.98 Å². The molecular formula is C19H16N2O5. The number of aliphatic carboxylic acids is 1. The number of carboxylic acid groups (broad SMARTS) is 1. The number of carboxylic acids is 1. The van der Waals surface area contributed by atoms with Gasteiger partial charge in [-0.3, -0.25) is 9.59 Å². The number of aromatic nitrogens is 1. The van der Waals surface area contributed by atoms with Crippen LogP contribution in [0, 0.1) is 6.92 Å². The first-order valence-electron chi connectivity index (χ1n) is 9.85. The van der Waals surface area contributed by atoms with Crippen LogP contribution >= 0.6 is 0 Å². The van der Waals surface area contributed by atoms with Crippen LogP contribution in [0.5, 0.6) is 17.2 Å². The number of pyridine rings is 1. The summed E-state index contributed by atoms with van der Waals surface area (Å²) in [5.74, 6) is -3.52. The lowest BCUT2D eigenvalue weighted by Gasteiger charge is -2.12. The number of nitrogens with zero attached hydrogens (tertiary/aromatic N) is 1. The molecule has 7 heteroatoms. The first kappa shape index (κ1) is 11.9. The number of para-hydroxylation sites is 1. The Bertz CT molecular complexity index is 1210. The third-order valence-electron chi connectivity index (χ3n) is 3.43. The van der Waals surface area contributed by atoms with E-state index in [1.54, 1.807) is 5.32 Å². The van der Waals surface area contributed by atoms with Crippen molar-refractivity contribution in [1.29, 1.82) is 0 Å². The van der Waals surface area contributed by atoms with Crippen molar-refractivity contribution in [3.63, 3.8) is 0 Å². The zero-order chi connectivity index (χ0) is 23.1. The Balaban J connectivity index is 2.01. The maximum Gasteiger partial charge on any atom is 0.322 e. The van der Waals surface area contributed by atoms with Crippen molar-refractivity contribution >= 4 is 22.6 Å². The van der Waals surface area contributed by atoms with Crippen LogP contribution in [0.15, 0.2) is 48.5 Å². The topological polar surface area (TPSA) is 109 Å². The van der Waals surface area contributed by atoms with E-state index in [0.717, 1.165) is 0 Å². The summed E-state index contributed by atoms with van der Waals surface area (Å²) in [5, 5.41) is 21.5. The molecule has 0 spiro atoms. The van der Waals surface area contributed by atoms with E-state index in [9.17, 15) is 14.7 Å². The predicted molar refractivity (Wildman–Crippen MR) is 94.6 cm³/mol. The monoisotopic (exact) mass is 357 g/mol. The molecule has 7 nitrogen and oxygen atoms in total. The van der Waals surface area contributed by atoms with Crippen LogP contribution in [0.25, 0.3) is 10.8 Å². The average molecular weight is 357 g/mol. The Hall–Kier alpha value is -3.61. The fraction of sp³-hybridized carbons (Fsp3) is 0.105. The molecule has 0 aliphatic heterocycles. The number of aryl methyl sites for hydroxylation is 1. The standard InChI is InChI=1S/C19H16N2O5/c1-11-15-9-13(26-12-5-3-2-4-6-12)7-8-14(15)18(24)17(21-11)19(25)20-10-16(22)23/h2-9,24H,10H2,1H3,(H,20,25)(H,22,23)/i2D,5D,6D,10D2. The van der Waals surface area contributed by atoms with Gasteiger partial charge in [-0.15, -0.1) is 0 Å². The molecular weight excluding hydrogens is 336 g/mol. The second kappa shape index (κ2) is 7.10. The number of ether oxygens (including phenoxy) is 1. The van der Waals surface area contributed by atoms with Crippen molar-refractivity contribution in [2.75, 3.05) is 6.50 Å². The van der Waals surface area contributed by atoms with Crippen LogP contribution in [0.2, 0.25) is 0 Å². The summed E-state index contributed by atoms with van der Waals surface area (Å²) >= 11 is 0. The van der Waals surface area contributed by atoms with Gasteiger partial charge in [0.1, 0.15) is 18.0 Å². The van der Waals surface area contributed by atoms with Gasteiger partial charge in [-0.1, -0.05) is 18.2 Å². The quantitative estimate of drug-likeness (QED) is 0.648. The summed E-state index contributed by atoms with van der Waals surface area (Å²) in [4.78, 5) is 27.1. The van der Waals surface area contributed by atoms with Crippen molar-refractivity contribution in [2.24, 2.45) is 0 Å². The molecule has 1 aromatic heterocycles. The number of rotatable bonds is 5. The maximum atomic E-state index is 12.3. The van der Waals surface area contributed by atoms with Gasteiger partial charge in [0.2, 0.25) is 0 Å². The largest absolute Gasteiger partial charge is 0.505 e. The number of hydrogen-bond acceptors (Lipinski definition) is 5. The van der Waals surface area contributed by atoms with Crippen LogP contribution in [0.3, 0.4) is 0 Å². The lowest BCUT2D eigenvalue weighted by molar-refractivity contribution is -0.135. The lowest BCUT2D eigenvalue weighted by Crippen LogP contribution is -2.30. The van der Waals surface area contributed by atoms with Gasteiger partial charge in [-0.05, 0) is 37.2 Å². The molecule has 132 valence electrons. The minimum atomic E-state index is -3.05. The van der Waals surface area contributed by atoms with Crippen molar-refractivity contribution < 1.29 is 31.4 Å². The van der Waals surface area contributed by atoms with Crippen molar-refractivity contribution in [3.05, 3.63) is 59.8 Å². The number of carbonyl (C=O) groups excluding carboxylic acids is 1. The van der Waals surface area contributed by atoms with E-state index in [1.165, 1.54) is 37.3 Å². The molecule has 0 unspecified atom stereocenters. The third kappa shape index (κ3) is 3.56. The molecule has 3 N–H and O–H groups in total. The number of amides is 1. The molecule has 1 heterocycles. The maximum absolute atomic E-state index is 12.3. The summed E-state index contributed by atoms with van der Waals surface area (Å²) in [7, 11) is 0. The summed E-state index contributed by atoms with van der Waals surface area (Å²) in [5.41, 5.74) is -0.283. The van der Waals surface area contributed by atoms with Crippen LogP contribution in [0.4, 0.5) is 0 Å². The highest BCUT2D eigenvalue weighted by molar-refractivity contribution is 6.03. The van der Waals surface area contributed by atoms with Crippen molar-refractivity contribution in [1.82, 2.24) is 10.3 Å². The predicted octanol–water partition coefficient (Wildman–Crippen LogP) is 2.86. The Morgan fingerprint density at radius 1 is 1.27 bits per heavy atom. The molecule has 0 saturated carbocycles. The van der Waals surface area contributed by atoms with E-state index >= 15 is 0 Å². The van der Waals surface area contributed by atoms with Gasteiger partial charge in [0.05, 0.1) is 6.85 Å². The highest BCUT2D eigenvalue weighted by Gasteiger charge is 2.18. The molecule has 0 bridgehead atoms. The zero-order valence-electron chi connectivity index (χ0n) is 18.5. The van der Waals surface area contributed by atoms with Crippen LogP contribution in [-0.2, 0) is 4.79 Å². The Labute approximate surface area is 155 Å². The Kier molecular flexibility index (Phi) is 3.24. The highest BCUT2D eigenvalue weighted by Crippen LogP contribution is 2.33.